The van der Waals surface area contributed by atoms with E-state index < -0.39 is 11.5 Å². The molecule has 7 nitrogen and oxygen atoms in total. The molecule has 1 saturated heterocycles. The molecule has 0 spiro atoms. The number of rotatable bonds is 4. The highest BCUT2D eigenvalue weighted by Gasteiger charge is 2.25. The zero-order chi connectivity index (χ0) is 17.4. The Morgan fingerprint density at radius 3 is 2.84 bits per heavy atom. The highest BCUT2D eigenvalue weighted by atomic mass is 16.3. The molecule has 0 aliphatic carbocycles. The van der Waals surface area contributed by atoms with Crippen LogP contribution in [0.15, 0.2) is 23.0 Å². The summed E-state index contributed by atoms with van der Waals surface area (Å²) < 4.78 is 1.61. The van der Waals surface area contributed by atoms with E-state index >= 15 is 0 Å². The quantitative estimate of drug-likeness (QED) is 0.722. The van der Waals surface area contributed by atoms with Gasteiger partial charge in [-0.1, -0.05) is 12.1 Å². The second-order valence-electron chi connectivity index (χ2n) is 6.59. The number of aromatic nitrogens is 1. The van der Waals surface area contributed by atoms with Crippen LogP contribution in [0, 0.1) is 0 Å². The third-order valence-corrected chi connectivity index (χ3v) is 5.10. The van der Waals surface area contributed by atoms with Gasteiger partial charge in [-0.3, -0.25) is 14.5 Å². The van der Waals surface area contributed by atoms with Crippen LogP contribution in [-0.2, 0) is 13.0 Å². The topological polar surface area (TPSA) is 86.6 Å². The van der Waals surface area contributed by atoms with Crippen molar-refractivity contribution in [1.82, 2.24) is 20.1 Å². The van der Waals surface area contributed by atoms with E-state index in [0.29, 0.717) is 18.5 Å². The van der Waals surface area contributed by atoms with Gasteiger partial charge in [0.2, 0.25) is 0 Å². The summed E-state index contributed by atoms with van der Waals surface area (Å²) in [5.74, 6) is -0.708. The molecule has 0 bridgehead atoms. The number of benzene rings is 1. The number of carbonyl (C=O) groups is 1. The first-order valence-corrected chi connectivity index (χ1v) is 8.75. The van der Waals surface area contributed by atoms with Crippen LogP contribution in [-0.4, -0.2) is 59.7 Å². The largest absolute Gasteiger partial charge is 0.506 e. The molecule has 7 heteroatoms. The summed E-state index contributed by atoms with van der Waals surface area (Å²) in [4.78, 5) is 27.5. The van der Waals surface area contributed by atoms with Gasteiger partial charge < -0.3 is 20.3 Å². The lowest BCUT2D eigenvalue weighted by atomic mass is 10.1. The van der Waals surface area contributed by atoms with Gasteiger partial charge in [0, 0.05) is 51.2 Å². The van der Waals surface area contributed by atoms with Crippen LogP contribution in [0.4, 0.5) is 0 Å². The molecule has 1 aromatic carbocycles. The van der Waals surface area contributed by atoms with Crippen molar-refractivity contribution in [2.24, 2.45) is 0 Å². The van der Waals surface area contributed by atoms with Gasteiger partial charge >= 0.3 is 0 Å². The minimum absolute atomic E-state index is 0.146. The van der Waals surface area contributed by atoms with Crippen LogP contribution in [0.2, 0.25) is 0 Å². The number of hydrogen-bond donors (Lipinski definition) is 3. The molecule has 3 N–H and O–H groups in total. The van der Waals surface area contributed by atoms with E-state index in [9.17, 15) is 14.7 Å². The average molecular weight is 342 g/mol. The van der Waals surface area contributed by atoms with Gasteiger partial charge in [-0.15, -0.1) is 0 Å². The molecule has 0 atom stereocenters. The molecule has 132 valence electrons. The summed E-state index contributed by atoms with van der Waals surface area (Å²) in [6, 6.07) is 5.56. The van der Waals surface area contributed by atoms with E-state index in [1.54, 1.807) is 10.6 Å². The van der Waals surface area contributed by atoms with Crippen LogP contribution in [0.1, 0.15) is 15.9 Å². The van der Waals surface area contributed by atoms with E-state index in [4.69, 9.17) is 0 Å². The van der Waals surface area contributed by atoms with Gasteiger partial charge in [0.05, 0.1) is 5.52 Å². The first-order valence-electron chi connectivity index (χ1n) is 8.75. The zero-order valence-corrected chi connectivity index (χ0v) is 14.0. The molecule has 0 unspecified atom stereocenters. The predicted octanol–water partition coefficient (Wildman–Crippen LogP) is -0.102. The molecule has 4 rings (SSSR count). The van der Waals surface area contributed by atoms with Crippen molar-refractivity contribution in [2.45, 2.75) is 13.0 Å². The minimum Gasteiger partial charge on any atom is -0.506 e. The highest BCUT2D eigenvalue weighted by molar-refractivity contribution is 6.03. The maximum atomic E-state index is 12.7. The zero-order valence-electron chi connectivity index (χ0n) is 14.0. The smallest absolute Gasteiger partial charge is 0.267 e. The summed E-state index contributed by atoms with van der Waals surface area (Å²) in [5.41, 5.74) is 1.24. The SMILES string of the molecule is O=C(NCCN1CCNCC1)c1c(O)c2cccc3c2n(c1=O)CC3. The van der Waals surface area contributed by atoms with E-state index in [2.05, 4.69) is 15.5 Å². The number of aryl methyl sites for hydroxylation is 2. The molecule has 3 heterocycles. The summed E-state index contributed by atoms with van der Waals surface area (Å²) in [6.45, 7) is 5.55. The molecule has 2 aliphatic rings. The number of pyridine rings is 1. The first kappa shape index (κ1) is 16.1. The molecule has 1 aromatic heterocycles. The summed E-state index contributed by atoms with van der Waals surface area (Å²) in [5, 5.41) is 17.2. The Morgan fingerprint density at radius 1 is 1.24 bits per heavy atom. The van der Waals surface area contributed by atoms with Crippen LogP contribution < -0.4 is 16.2 Å². The van der Waals surface area contributed by atoms with Gasteiger partial charge in [-0.2, -0.15) is 0 Å². The molecule has 0 saturated carbocycles. The number of aromatic hydroxyl groups is 1. The van der Waals surface area contributed by atoms with Gasteiger partial charge in [0.1, 0.15) is 11.3 Å². The van der Waals surface area contributed by atoms with E-state index in [1.807, 2.05) is 12.1 Å². The number of nitrogens with one attached hydrogen (secondary N) is 2. The number of hydrogen-bond acceptors (Lipinski definition) is 5. The van der Waals surface area contributed by atoms with Crippen molar-refractivity contribution in [3.8, 4) is 5.75 Å². The maximum Gasteiger partial charge on any atom is 0.267 e. The van der Waals surface area contributed by atoms with Crippen LogP contribution in [0.5, 0.6) is 5.75 Å². The Kier molecular flexibility index (Phi) is 4.19. The second-order valence-corrected chi connectivity index (χ2v) is 6.59. The Morgan fingerprint density at radius 2 is 2.04 bits per heavy atom. The van der Waals surface area contributed by atoms with Crippen molar-refractivity contribution in [2.75, 3.05) is 39.3 Å². The Bertz CT molecular complexity index is 884. The molecule has 1 amide bonds. The number of amides is 1. The Hall–Kier alpha value is -2.38. The fourth-order valence-electron chi connectivity index (χ4n) is 3.78. The number of nitrogens with zero attached hydrogens (tertiary/aromatic N) is 2. The molecule has 1 fully saturated rings. The van der Waals surface area contributed by atoms with Crippen molar-refractivity contribution < 1.29 is 9.90 Å². The predicted molar refractivity (Wildman–Crippen MR) is 95.2 cm³/mol. The average Bonchev–Trinajstić information content (AvgIpc) is 3.06. The molecule has 25 heavy (non-hydrogen) atoms. The van der Waals surface area contributed by atoms with E-state index in [1.165, 1.54) is 0 Å². The van der Waals surface area contributed by atoms with Crippen molar-refractivity contribution >= 4 is 16.8 Å². The number of para-hydroxylation sites is 1. The van der Waals surface area contributed by atoms with Crippen molar-refractivity contribution in [1.29, 1.82) is 0 Å². The fourth-order valence-corrected chi connectivity index (χ4v) is 3.78. The number of piperazine rings is 1. The standard InChI is InChI=1S/C18H22N4O3/c23-16-13-3-1-2-12-4-8-22(15(12)13)18(25)14(16)17(24)20-7-11-21-9-5-19-6-10-21/h1-3,19,23H,4-11H2,(H,20,24). The van der Waals surface area contributed by atoms with E-state index in [-0.39, 0.29) is 11.3 Å². The molecular weight excluding hydrogens is 320 g/mol. The molecule has 0 radical (unpaired) electrons. The molecular formula is C18H22N4O3. The molecule has 2 aliphatic heterocycles. The highest BCUT2D eigenvalue weighted by Crippen LogP contribution is 2.31. The summed E-state index contributed by atoms with van der Waals surface area (Å²) >= 11 is 0. The Labute approximate surface area is 145 Å². The Balaban J connectivity index is 1.57. The normalized spacial score (nSPS) is 17.1. The second kappa shape index (κ2) is 6.50. The minimum atomic E-state index is -0.499. The fraction of sp³-hybridized carbons (Fsp3) is 0.444. The van der Waals surface area contributed by atoms with E-state index in [0.717, 1.165) is 50.2 Å². The van der Waals surface area contributed by atoms with Gasteiger partial charge in [-0.25, -0.2) is 0 Å². The van der Waals surface area contributed by atoms with Gasteiger partial charge in [-0.05, 0) is 18.1 Å². The summed E-state index contributed by atoms with van der Waals surface area (Å²) in [7, 11) is 0. The lowest BCUT2D eigenvalue weighted by Crippen LogP contribution is -2.46. The summed E-state index contributed by atoms with van der Waals surface area (Å²) in [6.07, 6.45) is 0.750. The lowest BCUT2D eigenvalue weighted by molar-refractivity contribution is 0.0942. The third kappa shape index (κ3) is 2.79. The van der Waals surface area contributed by atoms with Crippen molar-refractivity contribution in [3.63, 3.8) is 0 Å². The van der Waals surface area contributed by atoms with Crippen LogP contribution in [0.25, 0.3) is 10.9 Å². The van der Waals surface area contributed by atoms with Crippen LogP contribution >= 0.6 is 0 Å². The number of carbonyl (C=O) groups excluding carboxylic acids is 1. The first-order chi connectivity index (χ1) is 12.2. The maximum absolute atomic E-state index is 12.7. The molecule has 2 aromatic rings. The van der Waals surface area contributed by atoms with Gasteiger partial charge in [0.15, 0.2) is 0 Å². The van der Waals surface area contributed by atoms with Crippen molar-refractivity contribution in [3.05, 3.63) is 39.7 Å². The van der Waals surface area contributed by atoms with Gasteiger partial charge in [0.25, 0.3) is 11.5 Å². The third-order valence-electron chi connectivity index (χ3n) is 5.10. The monoisotopic (exact) mass is 342 g/mol. The van der Waals surface area contributed by atoms with Crippen LogP contribution in [0.3, 0.4) is 0 Å². The lowest BCUT2D eigenvalue weighted by Gasteiger charge is -2.27.